The lowest BCUT2D eigenvalue weighted by Crippen LogP contribution is -2.22. The summed E-state index contributed by atoms with van der Waals surface area (Å²) in [7, 11) is 1.62. The first-order chi connectivity index (χ1) is 13.1. The molecule has 8 heteroatoms. The van der Waals surface area contributed by atoms with Crippen LogP contribution < -0.4 is 11.2 Å². The van der Waals surface area contributed by atoms with Gasteiger partial charge in [0.1, 0.15) is 5.71 Å². The van der Waals surface area contributed by atoms with E-state index in [1.54, 1.807) is 20.2 Å². The molecule has 27 heavy (non-hydrogen) atoms. The van der Waals surface area contributed by atoms with E-state index >= 15 is 0 Å². The number of methoxy groups -OCH3 is 1. The lowest BCUT2D eigenvalue weighted by atomic mass is 10.2. The van der Waals surface area contributed by atoms with Crippen molar-refractivity contribution in [1.29, 1.82) is 0 Å². The molecule has 0 atom stereocenters. The van der Waals surface area contributed by atoms with Gasteiger partial charge in [-0.2, -0.15) is 5.10 Å². The number of ether oxygens (including phenoxy) is 3. The third kappa shape index (κ3) is 10.2. The number of amides is 1. The van der Waals surface area contributed by atoms with E-state index in [0.29, 0.717) is 44.3 Å². The van der Waals surface area contributed by atoms with E-state index in [4.69, 9.17) is 20.1 Å². The first kappa shape index (κ1) is 22.5. The van der Waals surface area contributed by atoms with Crippen LogP contribution in [0.5, 0.6) is 0 Å². The number of hydrogen-bond acceptors (Lipinski definition) is 7. The molecule has 0 aliphatic carbocycles. The van der Waals surface area contributed by atoms with Gasteiger partial charge >= 0.3 is 0 Å². The Bertz CT molecular complexity index is 642. The predicted molar refractivity (Wildman–Crippen MR) is 106 cm³/mol. The summed E-state index contributed by atoms with van der Waals surface area (Å²) in [6, 6.07) is 7.46. The number of nitrogens with zero attached hydrogens (tertiary/aromatic N) is 2. The zero-order valence-corrected chi connectivity index (χ0v) is 15.9. The average molecular weight is 376 g/mol. The van der Waals surface area contributed by atoms with E-state index in [-0.39, 0.29) is 12.5 Å². The van der Waals surface area contributed by atoms with Crippen molar-refractivity contribution >= 4 is 23.5 Å². The summed E-state index contributed by atoms with van der Waals surface area (Å²) < 4.78 is 15.6. The molecule has 0 saturated carbocycles. The first-order valence-electron chi connectivity index (χ1n) is 8.54. The number of carbonyl (C=O) groups is 1. The minimum atomic E-state index is -0.162. The molecule has 0 aromatic heterocycles. The van der Waals surface area contributed by atoms with Gasteiger partial charge in [0.25, 0.3) is 0 Å². The Morgan fingerprint density at radius 2 is 1.85 bits per heavy atom. The molecule has 0 aliphatic rings. The van der Waals surface area contributed by atoms with Crippen molar-refractivity contribution in [2.24, 2.45) is 15.9 Å². The molecule has 1 rings (SSSR count). The SMILES string of the molecule is C=C(C)C(=O)NCc1ccc(N=CC(COCCOCCOC)=NN)cc1. The van der Waals surface area contributed by atoms with Gasteiger partial charge in [0.05, 0.1) is 44.9 Å². The number of aliphatic imine (C=N–C) groups is 1. The van der Waals surface area contributed by atoms with Gasteiger partial charge in [-0.1, -0.05) is 18.7 Å². The highest BCUT2D eigenvalue weighted by atomic mass is 16.5. The second kappa shape index (κ2) is 13.6. The fourth-order valence-electron chi connectivity index (χ4n) is 1.83. The monoisotopic (exact) mass is 376 g/mol. The van der Waals surface area contributed by atoms with Crippen LogP contribution in [-0.4, -0.2) is 58.0 Å². The molecule has 3 N–H and O–H groups in total. The molecule has 0 heterocycles. The van der Waals surface area contributed by atoms with Gasteiger partial charge in [0.2, 0.25) is 5.91 Å². The van der Waals surface area contributed by atoms with E-state index in [2.05, 4.69) is 22.0 Å². The zero-order valence-electron chi connectivity index (χ0n) is 15.9. The minimum Gasteiger partial charge on any atom is -0.382 e. The van der Waals surface area contributed by atoms with Crippen LogP contribution in [0.3, 0.4) is 0 Å². The molecule has 1 amide bonds. The lowest BCUT2D eigenvalue weighted by molar-refractivity contribution is -0.117. The summed E-state index contributed by atoms with van der Waals surface area (Å²) in [6.07, 6.45) is 1.56. The largest absolute Gasteiger partial charge is 0.382 e. The highest BCUT2D eigenvalue weighted by Crippen LogP contribution is 2.12. The van der Waals surface area contributed by atoms with Crippen molar-refractivity contribution in [1.82, 2.24) is 5.32 Å². The lowest BCUT2D eigenvalue weighted by Gasteiger charge is -2.06. The Morgan fingerprint density at radius 3 is 2.48 bits per heavy atom. The normalized spacial score (nSPS) is 11.7. The van der Waals surface area contributed by atoms with Gasteiger partial charge in [-0.25, -0.2) is 0 Å². The molecule has 0 radical (unpaired) electrons. The van der Waals surface area contributed by atoms with Crippen LogP contribution in [-0.2, 0) is 25.5 Å². The number of rotatable bonds is 13. The topological polar surface area (TPSA) is 108 Å². The number of hydrazone groups is 1. The fraction of sp³-hybridized carbons (Fsp3) is 0.421. The van der Waals surface area contributed by atoms with Gasteiger partial charge in [-0.05, 0) is 24.6 Å². The number of nitrogens with two attached hydrogens (primary N) is 1. The Kier molecular flexibility index (Phi) is 11.4. The summed E-state index contributed by atoms with van der Waals surface area (Å²) >= 11 is 0. The molecular formula is C19H28N4O4. The summed E-state index contributed by atoms with van der Waals surface area (Å²) in [5.74, 6) is 5.19. The van der Waals surface area contributed by atoms with Crippen molar-refractivity contribution < 1.29 is 19.0 Å². The summed E-state index contributed by atoms with van der Waals surface area (Å²) in [5, 5.41) is 6.43. The van der Waals surface area contributed by atoms with E-state index < -0.39 is 0 Å². The Hall–Kier alpha value is -2.55. The summed E-state index contributed by atoms with van der Waals surface area (Å²) in [6.45, 7) is 7.95. The number of hydrogen-bond donors (Lipinski definition) is 2. The molecule has 0 aliphatic heterocycles. The zero-order chi connectivity index (χ0) is 19.9. The Morgan fingerprint density at radius 1 is 1.19 bits per heavy atom. The number of nitrogens with one attached hydrogen (secondary N) is 1. The van der Waals surface area contributed by atoms with Gasteiger partial charge in [0, 0.05) is 19.2 Å². The molecule has 1 aromatic rings. The van der Waals surface area contributed by atoms with E-state index in [1.165, 1.54) is 0 Å². The third-order valence-corrected chi connectivity index (χ3v) is 3.36. The maximum Gasteiger partial charge on any atom is 0.246 e. The van der Waals surface area contributed by atoms with Crippen molar-refractivity contribution in [3.63, 3.8) is 0 Å². The van der Waals surface area contributed by atoms with Crippen LogP contribution >= 0.6 is 0 Å². The third-order valence-electron chi connectivity index (χ3n) is 3.36. The number of benzene rings is 1. The molecular weight excluding hydrogens is 348 g/mol. The molecule has 0 fully saturated rings. The maximum absolute atomic E-state index is 11.5. The van der Waals surface area contributed by atoms with Gasteiger partial charge in [-0.15, -0.1) is 0 Å². The van der Waals surface area contributed by atoms with Crippen LogP contribution in [0, 0.1) is 0 Å². The Labute approximate surface area is 160 Å². The Balaban J connectivity index is 2.36. The second-order valence-electron chi connectivity index (χ2n) is 5.67. The highest BCUT2D eigenvalue weighted by Gasteiger charge is 2.01. The van der Waals surface area contributed by atoms with Crippen molar-refractivity contribution in [2.45, 2.75) is 13.5 Å². The van der Waals surface area contributed by atoms with E-state index in [0.717, 1.165) is 11.3 Å². The molecule has 0 bridgehead atoms. The van der Waals surface area contributed by atoms with Gasteiger partial charge in [0.15, 0.2) is 0 Å². The van der Waals surface area contributed by atoms with Gasteiger partial charge in [-0.3, -0.25) is 9.79 Å². The maximum atomic E-state index is 11.5. The summed E-state index contributed by atoms with van der Waals surface area (Å²) in [4.78, 5) is 15.8. The van der Waals surface area contributed by atoms with Crippen molar-refractivity contribution in [3.8, 4) is 0 Å². The van der Waals surface area contributed by atoms with Crippen LogP contribution in [0.4, 0.5) is 5.69 Å². The summed E-state index contributed by atoms with van der Waals surface area (Å²) in [5.41, 5.74) is 2.71. The van der Waals surface area contributed by atoms with Crippen LogP contribution in [0.2, 0.25) is 0 Å². The van der Waals surface area contributed by atoms with E-state index in [9.17, 15) is 4.79 Å². The van der Waals surface area contributed by atoms with E-state index in [1.807, 2.05) is 24.3 Å². The fourth-order valence-corrected chi connectivity index (χ4v) is 1.83. The molecule has 1 aromatic carbocycles. The van der Waals surface area contributed by atoms with Crippen molar-refractivity contribution in [3.05, 3.63) is 42.0 Å². The quantitative estimate of drug-likeness (QED) is 0.179. The first-order valence-corrected chi connectivity index (χ1v) is 8.54. The van der Waals surface area contributed by atoms with Gasteiger partial charge < -0.3 is 25.4 Å². The molecule has 0 spiro atoms. The average Bonchev–Trinajstić information content (AvgIpc) is 2.68. The van der Waals surface area contributed by atoms with Crippen LogP contribution in [0.15, 0.2) is 46.5 Å². The molecule has 148 valence electrons. The standard InChI is InChI=1S/C19H28N4O4/c1-15(2)19(24)22-12-16-4-6-17(7-5-16)21-13-18(23-20)14-27-11-10-26-9-8-25-3/h4-7,13H,1,8-12,14,20H2,2-3H3,(H,22,24). The van der Waals surface area contributed by atoms with Crippen LogP contribution in [0.25, 0.3) is 0 Å². The second-order valence-corrected chi connectivity index (χ2v) is 5.67. The number of carbonyl (C=O) groups excluding carboxylic acids is 1. The highest BCUT2D eigenvalue weighted by molar-refractivity contribution is 6.31. The predicted octanol–water partition coefficient (Wildman–Crippen LogP) is 1.58. The molecule has 8 nitrogen and oxygen atoms in total. The van der Waals surface area contributed by atoms with Crippen molar-refractivity contribution in [2.75, 3.05) is 40.1 Å². The minimum absolute atomic E-state index is 0.162. The smallest absolute Gasteiger partial charge is 0.246 e. The molecule has 0 saturated heterocycles. The molecule has 0 unspecified atom stereocenters. The van der Waals surface area contributed by atoms with Crippen LogP contribution in [0.1, 0.15) is 12.5 Å².